The molecule has 3 heterocycles. The van der Waals surface area contributed by atoms with E-state index >= 15 is 0 Å². The van der Waals surface area contributed by atoms with E-state index in [2.05, 4.69) is 26.7 Å². The molecule has 0 aliphatic carbocycles. The topological polar surface area (TPSA) is 82.5 Å². The number of benzene rings is 1. The van der Waals surface area contributed by atoms with Gasteiger partial charge < -0.3 is 9.80 Å². The molecular formula is C27H34N6O2S. The van der Waals surface area contributed by atoms with Gasteiger partial charge in [0, 0.05) is 51.9 Å². The summed E-state index contributed by atoms with van der Waals surface area (Å²) in [6, 6.07) is 9.53. The Hall–Kier alpha value is -3.30. The van der Waals surface area contributed by atoms with Crippen LogP contribution in [-0.2, 0) is 10.0 Å². The zero-order valence-corrected chi connectivity index (χ0v) is 22.5. The fourth-order valence-corrected chi connectivity index (χ4v) is 6.50. The summed E-state index contributed by atoms with van der Waals surface area (Å²) in [5.41, 5.74) is 4.18. The first kappa shape index (κ1) is 25.8. The number of sulfonamides is 1. The van der Waals surface area contributed by atoms with Gasteiger partial charge in [-0.25, -0.2) is 8.42 Å². The van der Waals surface area contributed by atoms with E-state index in [0.29, 0.717) is 36.5 Å². The van der Waals surface area contributed by atoms with Crippen molar-refractivity contribution < 1.29 is 8.42 Å². The number of hydrogen-bond acceptors (Lipinski definition) is 7. The number of aromatic nitrogens is 3. The van der Waals surface area contributed by atoms with Crippen molar-refractivity contribution >= 4 is 32.4 Å². The van der Waals surface area contributed by atoms with Crippen molar-refractivity contribution in [1.29, 1.82) is 0 Å². The Morgan fingerprint density at radius 3 is 2.47 bits per heavy atom. The maximum Gasteiger partial charge on any atom is 0.243 e. The molecule has 0 spiro atoms. The number of nitrogens with zero attached hydrogens (tertiary/aromatic N) is 6. The van der Waals surface area contributed by atoms with Gasteiger partial charge in [-0.1, -0.05) is 30.4 Å². The molecule has 0 saturated carbocycles. The van der Waals surface area contributed by atoms with E-state index in [1.165, 1.54) is 0 Å². The number of anilines is 1. The van der Waals surface area contributed by atoms with Crippen LogP contribution in [0, 0.1) is 13.8 Å². The zero-order valence-electron chi connectivity index (χ0n) is 21.6. The molecule has 2 aromatic heterocycles. The molecule has 0 atom stereocenters. The number of hydrogen-bond donors (Lipinski definition) is 0. The second-order valence-electron chi connectivity index (χ2n) is 9.47. The first-order valence-electron chi connectivity index (χ1n) is 12.1. The third-order valence-electron chi connectivity index (χ3n) is 6.77. The quantitative estimate of drug-likeness (QED) is 0.448. The Balaban J connectivity index is 1.58. The lowest BCUT2D eigenvalue weighted by Gasteiger charge is -2.37. The smallest absolute Gasteiger partial charge is 0.243 e. The average molecular weight is 507 g/mol. The molecule has 8 nitrogen and oxygen atoms in total. The second kappa shape index (κ2) is 10.4. The van der Waals surface area contributed by atoms with Crippen molar-refractivity contribution in [2.45, 2.75) is 37.6 Å². The summed E-state index contributed by atoms with van der Waals surface area (Å²) < 4.78 is 28.2. The third-order valence-corrected chi connectivity index (χ3v) is 8.83. The van der Waals surface area contributed by atoms with Gasteiger partial charge in [-0.05, 0) is 56.5 Å². The highest BCUT2D eigenvalue weighted by Gasteiger charge is 2.32. The molecule has 9 heteroatoms. The molecule has 0 N–H and O–H groups in total. The van der Waals surface area contributed by atoms with Crippen LogP contribution in [0.5, 0.6) is 0 Å². The van der Waals surface area contributed by atoms with Crippen molar-refractivity contribution in [3.63, 3.8) is 0 Å². The first-order valence-corrected chi connectivity index (χ1v) is 13.5. The van der Waals surface area contributed by atoms with Crippen molar-refractivity contribution in [3.8, 4) is 0 Å². The molecule has 0 radical (unpaired) electrons. The monoisotopic (exact) mass is 506 g/mol. The molecule has 1 fully saturated rings. The van der Waals surface area contributed by atoms with Crippen molar-refractivity contribution in [3.05, 3.63) is 72.1 Å². The average Bonchev–Trinajstić information content (AvgIpc) is 2.86. The molecule has 1 aliphatic rings. The molecule has 0 bridgehead atoms. The summed E-state index contributed by atoms with van der Waals surface area (Å²) in [7, 11) is 2.37. The first-order chi connectivity index (χ1) is 17.1. The molecule has 1 aliphatic heterocycles. The summed E-state index contributed by atoms with van der Waals surface area (Å²) in [6.45, 7) is 8.56. The minimum Gasteiger partial charge on any atom is -0.376 e. The fourth-order valence-electron chi connectivity index (χ4n) is 4.83. The minimum absolute atomic E-state index is 0.135. The maximum absolute atomic E-state index is 13.3. The van der Waals surface area contributed by atoms with Crippen LogP contribution in [0.3, 0.4) is 0 Å². The Morgan fingerprint density at radius 2 is 1.83 bits per heavy atom. The lowest BCUT2D eigenvalue weighted by Crippen LogP contribution is -2.46. The van der Waals surface area contributed by atoms with Crippen molar-refractivity contribution in [2.24, 2.45) is 0 Å². The fraction of sp³-hybridized carbons (Fsp3) is 0.370. The molecular weight excluding hydrogens is 472 g/mol. The van der Waals surface area contributed by atoms with Crippen LogP contribution in [0.15, 0.2) is 60.2 Å². The Morgan fingerprint density at radius 1 is 1.11 bits per heavy atom. The van der Waals surface area contributed by atoms with Gasteiger partial charge in [0.25, 0.3) is 0 Å². The predicted octanol–water partition coefficient (Wildman–Crippen LogP) is 4.02. The lowest BCUT2D eigenvalue weighted by molar-refractivity contribution is 0.314. The normalized spacial score (nSPS) is 15.8. The number of fused-ring (bicyclic) bond motifs is 1. The highest BCUT2D eigenvalue weighted by atomic mass is 32.2. The van der Waals surface area contributed by atoms with Crippen LogP contribution >= 0.6 is 0 Å². The highest BCUT2D eigenvalue weighted by molar-refractivity contribution is 7.89. The number of pyridine rings is 1. The largest absolute Gasteiger partial charge is 0.376 e. The van der Waals surface area contributed by atoms with E-state index in [9.17, 15) is 8.42 Å². The van der Waals surface area contributed by atoms with Gasteiger partial charge >= 0.3 is 0 Å². The summed E-state index contributed by atoms with van der Waals surface area (Å²) in [5.74, 6) is 0.745. The number of piperidine rings is 1. The van der Waals surface area contributed by atoms with Gasteiger partial charge in [0.05, 0.1) is 10.6 Å². The Labute approximate surface area is 214 Å². The van der Waals surface area contributed by atoms with E-state index in [1.54, 1.807) is 22.6 Å². The number of rotatable bonds is 7. The van der Waals surface area contributed by atoms with E-state index in [-0.39, 0.29) is 6.04 Å². The van der Waals surface area contributed by atoms with Gasteiger partial charge in [-0.2, -0.15) is 4.31 Å². The molecule has 1 aromatic carbocycles. The van der Waals surface area contributed by atoms with Crippen LogP contribution in [0.25, 0.3) is 16.6 Å². The maximum atomic E-state index is 13.3. The molecule has 1 saturated heterocycles. The summed E-state index contributed by atoms with van der Waals surface area (Å²) >= 11 is 0. The zero-order chi connectivity index (χ0) is 26.0. The van der Waals surface area contributed by atoms with E-state index in [0.717, 1.165) is 33.5 Å². The molecule has 190 valence electrons. The van der Waals surface area contributed by atoms with E-state index in [4.69, 9.17) is 0 Å². The molecule has 0 amide bonds. The van der Waals surface area contributed by atoms with E-state index < -0.39 is 10.0 Å². The van der Waals surface area contributed by atoms with E-state index in [1.807, 2.05) is 70.2 Å². The number of allylic oxidation sites excluding steroid dienone is 2. The van der Waals surface area contributed by atoms with Gasteiger partial charge in [0.1, 0.15) is 11.2 Å². The van der Waals surface area contributed by atoms with Crippen LogP contribution in [0.1, 0.15) is 29.7 Å². The molecule has 4 rings (SSSR count). The van der Waals surface area contributed by atoms with Crippen LogP contribution in [0.4, 0.5) is 5.82 Å². The Bertz CT molecular complexity index is 1410. The van der Waals surface area contributed by atoms with Gasteiger partial charge in [0.15, 0.2) is 5.82 Å². The number of aryl methyl sites for hydroxylation is 2. The predicted molar refractivity (Wildman–Crippen MR) is 145 cm³/mol. The Kier molecular flexibility index (Phi) is 7.42. The molecule has 0 unspecified atom stereocenters. The van der Waals surface area contributed by atoms with Gasteiger partial charge in [0.2, 0.25) is 10.0 Å². The van der Waals surface area contributed by atoms with Crippen LogP contribution < -0.4 is 4.90 Å². The van der Waals surface area contributed by atoms with Crippen molar-refractivity contribution in [2.75, 3.05) is 39.1 Å². The molecule has 36 heavy (non-hydrogen) atoms. The summed E-state index contributed by atoms with van der Waals surface area (Å²) in [5, 5.41) is 10.1. The van der Waals surface area contributed by atoms with Crippen LogP contribution in [-0.4, -0.2) is 73.1 Å². The second-order valence-corrected chi connectivity index (χ2v) is 11.4. The van der Waals surface area contributed by atoms with Gasteiger partial charge in [-0.3, -0.25) is 4.98 Å². The third kappa shape index (κ3) is 4.85. The standard InChI is InChI=1S/C27H34N6O2S/c1-7-9-23(31(4)5)26-25-22(10-8-15-28-25)27(30-29-26)32(6)21-13-16-33(17-14-21)36(34,35)24-12-11-19(2)18-20(24)3/h7-12,15,18,21H,1,13-14,16-17H2,2-6H3/b23-9-. The van der Waals surface area contributed by atoms with Gasteiger partial charge in [-0.15, -0.1) is 10.2 Å². The summed E-state index contributed by atoms with van der Waals surface area (Å²) in [4.78, 5) is 9.11. The van der Waals surface area contributed by atoms with Crippen LogP contribution in [0.2, 0.25) is 0 Å². The minimum atomic E-state index is -3.53. The SMILES string of the molecule is C=C/C=C(/c1nnc(N(C)C2CCN(S(=O)(=O)c3ccc(C)cc3C)CC2)c2cccnc12)N(C)C. The lowest BCUT2D eigenvalue weighted by atomic mass is 10.0. The highest BCUT2D eigenvalue weighted by Crippen LogP contribution is 2.32. The molecule has 3 aromatic rings. The summed E-state index contributed by atoms with van der Waals surface area (Å²) in [6.07, 6.45) is 6.78. The van der Waals surface area contributed by atoms with Crippen molar-refractivity contribution in [1.82, 2.24) is 24.4 Å².